The average molecular weight is 186 g/mol. The van der Waals surface area contributed by atoms with Crippen LogP contribution in [0.1, 0.15) is 38.5 Å². The number of hydrogen-bond acceptors (Lipinski definition) is 0. The first kappa shape index (κ1) is 9.17. The first-order chi connectivity index (χ1) is 6.05. The third-order valence-corrected chi connectivity index (χ3v) is 3.69. The Hall–Kier alpha value is -0.400. The monoisotopic (exact) mass is 186 g/mol. The molecule has 2 rings (SSSR count). The molecule has 0 radical (unpaired) electrons. The van der Waals surface area contributed by atoms with E-state index in [0.717, 1.165) is 25.7 Å². The molecule has 0 amide bonds. The maximum absolute atomic E-state index is 12.7. The van der Waals surface area contributed by atoms with Crippen LogP contribution in [0.2, 0.25) is 0 Å². The molecule has 2 aliphatic carbocycles. The molecule has 0 aliphatic heterocycles. The molecule has 1 spiro atoms. The molecule has 2 aliphatic rings. The summed E-state index contributed by atoms with van der Waals surface area (Å²) in [5.74, 6) is -1.76. The summed E-state index contributed by atoms with van der Waals surface area (Å²) in [5, 5.41) is 0. The zero-order valence-corrected chi connectivity index (χ0v) is 7.86. The van der Waals surface area contributed by atoms with E-state index in [1.165, 1.54) is 0 Å². The van der Waals surface area contributed by atoms with Gasteiger partial charge < -0.3 is 0 Å². The molecule has 0 unspecified atom stereocenters. The molecule has 74 valence electrons. The van der Waals surface area contributed by atoms with Crippen molar-refractivity contribution < 1.29 is 8.78 Å². The van der Waals surface area contributed by atoms with Crippen LogP contribution in [0.5, 0.6) is 0 Å². The molecular formula is C11H16F2. The Morgan fingerprint density at radius 2 is 1.69 bits per heavy atom. The van der Waals surface area contributed by atoms with Crippen LogP contribution in [-0.4, -0.2) is 5.92 Å². The lowest BCUT2D eigenvalue weighted by molar-refractivity contribution is -0.174. The summed E-state index contributed by atoms with van der Waals surface area (Å²) < 4.78 is 25.5. The Labute approximate surface area is 78.0 Å². The highest BCUT2D eigenvalue weighted by atomic mass is 19.3. The Morgan fingerprint density at radius 1 is 1.15 bits per heavy atom. The lowest BCUT2D eigenvalue weighted by Crippen LogP contribution is -2.47. The number of halogens is 2. The first-order valence-corrected chi connectivity index (χ1v) is 5.06. The quantitative estimate of drug-likeness (QED) is 0.547. The smallest absolute Gasteiger partial charge is 0.207 e. The fraction of sp³-hybridized carbons (Fsp3) is 0.818. The summed E-state index contributed by atoms with van der Waals surface area (Å²) in [6, 6.07) is 0. The largest absolute Gasteiger partial charge is 0.249 e. The molecule has 0 aromatic heterocycles. The Kier molecular flexibility index (Phi) is 1.97. The summed E-state index contributed by atoms with van der Waals surface area (Å²) >= 11 is 0. The van der Waals surface area contributed by atoms with Gasteiger partial charge in [0.25, 0.3) is 0 Å². The zero-order chi connectivity index (χ0) is 9.53. The molecule has 0 aromatic carbocycles. The van der Waals surface area contributed by atoms with E-state index in [2.05, 4.69) is 6.58 Å². The van der Waals surface area contributed by atoms with Gasteiger partial charge in [0.15, 0.2) is 0 Å². The van der Waals surface area contributed by atoms with Crippen LogP contribution in [0.3, 0.4) is 0 Å². The van der Waals surface area contributed by atoms with Crippen molar-refractivity contribution >= 4 is 0 Å². The molecule has 0 heterocycles. The molecule has 2 heteroatoms. The van der Waals surface area contributed by atoms with Crippen LogP contribution in [0, 0.1) is 11.3 Å². The van der Waals surface area contributed by atoms with Crippen molar-refractivity contribution in [1.29, 1.82) is 0 Å². The predicted molar refractivity (Wildman–Crippen MR) is 48.8 cm³/mol. The topological polar surface area (TPSA) is 0 Å². The molecule has 0 saturated heterocycles. The van der Waals surface area contributed by atoms with Crippen LogP contribution in [0.15, 0.2) is 12.7 Å². The molecule has 2 saturated carbocycles. The lowest BCUT2D eigenvalue weighted by atomic mass is 9.57. The maximum atomic E-state index is 12.7. The third-order valence-electron chi connectivity index (χ3n) is 3.69. The van der Waals surface area contributed by atoms with E-state index in [1.54, 1.807) is 0 Å². The van der Waals surface area contributed by atoms with Crippen LogP contribution in [-0.2, 0) is 0 Å². The van der Waals surface area contributed by atoms with Crippen molar-refractivity contribution in [2.75, 3.05) is 0 Å². The maximum Gasteiger partial charge on any atom is 0.249 e. The van der Waals surface area contributed by atoms with Crippen LogP contribution >= 0.6 is 0 Å². The summed E-state index contributed by atoms with van der Waals surface area (Å²) in [6.07, 6.45) is 6.37. The van der Waals surface area contributed by atoms with E-state index >= 15 is 0 Å². The fourth-order valence-electron chi connectivity index (χ4n) is 2.89. The van der Waals surface area contributed by atoms with Gasteiger partial charge in [-0.1, -0.05) is 6.08 Å². The Morgan fingerprint density at radius 3 is 2.08 bits per heavy atom. The highest BCUT2D eigenvalue weighted by molar-refractivity contribution is 5.02. The normalized spacial score (nSPS) is 31.2. The average Bonchev–Trinajstić information content (AvgIpc) is 2.02. The molecule has 13 heavy (non-hydrogen) atoms. The highest BCUT2D eigenvalue weighted by Crippen LogP contribution is 2.59. The van der Waals surface area contributed by atoms with E-state index in [9.17, 15) is 8.78 Å². The second-order valence-corrected chi connectivity index (χ2v) is 4.78. The minimum Gasteiger partial charge on any atom is -0.207 e. The van der Waals surface area contributed by atoms with Crippen molar-refractivity contribution in [3.8, 4) is 0 Å². The van der Waals surface area contributed by atoms with Gasteiger partial charge >= 0.3 is 0 Å². The fourth-order valence-corrected chi connectivity index (χ4v) is 2.89. The molecule has 0 nitrogen and oxygen atoms in total. The van der Waals surface area contributed by atoms with Crippen molar-refractivity contribution in [2.45, 2.75) is 44.4 Å². The van der Waals surface area contributed by atoms with Crippen molar-refractivity contribution in [2.24, 2.45) is 11.3 Å². The van der Waals surface area contributed by atoms with Crippen molar-refractivity contribution in [3.63, 3.8) is 0 Å². The molecule has 0 N–H and O–H groups in total. The minimum absolute atomic E-state index is 0.0169. The number of hydrogen-bond donors (Lipinski definition) is 0. The first-order valence-electron chi connectivity index (χ1n) is 5.06. The Bertz CT molecular complexity index is 202. The van der Waals surface area contributed by atoms with Gasteiger partial charge in [0.05, 0.1) is 0 Å². The molecule has 2 fully saturated rings. The van der Waals surface area contributed by atoms with E-state index < -0.39 is 5.92 Å². The minimum atomic E-state index is -2.35. The second kappa shape index (κ2) is 2.79. The molecule has 0 atom stereocenters. The van der Waals surface area contributed by atoms with Crippen LogP contribution in [0.25, 0.3) is 0 Å². The number of alkyl halides is 2. The second-order valence-electron chi connectivity index (χ2n) is 4.78. The van der Waals surface area contributed by atoms with Gasteiger partial charge in [0.2, 0.25) is 5.92 Å². The van der Waals surface area contributed by atoms with Gasteiger partial charge in [-0.05, 0) is 37.0 Å². The predicted octanol–water partition coefficient (Wildman–Crippen LogP) is 3.78. The van der Waals surface area contributed by atoms with Gasteiger partial charge in [-0.25, -0.2) is 8.78 Å². The van der Waals surface area contributed by atoms with Gasteiger partial charge in [-0.2, -0.15) is 0 Å². The summed E-state index contributed by atoms with van der Waals surface area (Å²) in [7, 11) is 0. The molecular weight excluding hydrogens is 170 g/mol. The summed E-state index contributed by atoms with van der Waals surface area (Å²) in [6.45, 7) is 3.76. The van der Waals surface area contributed by atoms with Crippen molar-refractivity contribution in [1.82, 2.24) is 0 Å². The van der Waals surface area contributed by atoms with E-state index in [0.29, 0.717) is 5.92 Å². The number of rotatable bonds is 1. The lowest BCUT2D eigenvalue weighted by Gasteiger charge is -2.51. The molecule has 0 bridgehead atoms. The third kappa shape index (κ3) is 1.63. The van der Waals surface area contributed by atoms with E-state index in [1.807, 2.05) is 6.08 Å². The van der Waals surface area contributed by atoms with E-state index in [4.69, 9.17) is 0 Å². The van der Waals surface area contributed by atoms with Crippen molar-refractivity contribution in [3.05, 3.63) is 12.7 Å². The Balaban J connectivity index is 1.89. The SMILES string of the molecule is C=CC1CCC2(CC1)CC(F)(F)C2. The number of allylic oxidation sites excluding steroid dienone is 1. The zero-order valence-electron chi connectivity index (χ0n) is 7.86. The van der Waals surface area contributed by atoms with E-state index in [-0.39, 0.29) is 18.3 Å². The van der Waals surface area contributed by atoms with Gasteiger partial charge in [-0.15, -0.1) is 6.58 Å². The van der Waals surface area contributed by atoms with Gasteiger partial charge in [0, 0.05) is 12.8 Å². The van der Waals surface area contributed by atoms with Gasteiger partial charge in [-0.3, -0.25) is 0 Å². The summed E-state index contributed by atoms with van der Waals surface area (Å²) in [5.41, 5.74) is 0.0169. The summed E-state index contributed by atoms with van der Waals surface area (Å²) in [4.78, 5) is 0. The van der Waals surface area contributed by atoms with Crippen LogP contribution in [0.4, 0.5) is 8.78 Å². The highest BCUT2D eigenvalue weighted by Gasteiger charge is 2.56. The van der Waals surface area contributed by atoms with Gasteiger partial charge in [0.1, 0.15) is 0 Å². The van der Waals surface area contributed by atoms with Crippen LogP contribution < -0.4 is 0 Å². The molecule has 0 aromatic rings. The standard InChI is InChI=1S/C11H16F2/c1-2-9-3-5-10(6-4-9)7-11(12,13)8-10/h2,9H,1,3-8H2.